The number of hydrogen-bond donors (Lipinski definition) is 2. The summed E-state index contributed by atoms with van der Waals surface area (Å²) in [7, 11) is 0. The SMILES string of the molecule is N#Cc1cc(OC[C@H](N)Cc2c[nH]c3ccccc23)cc(-c2ccc3cnccc3c2)c1. The number of ether oxygens (including phenoxy) is 1. The molecule has 0 radical (unpaired) electrons. The van der Waals surface area contributed by atoms with Crippen LogP contribution in [0.25, 0.3) is 32.8 Å². The second-order valence-electron chi connectivity index (χ2n) is 7.93. The first-order chi connectivity index (χ1) is 15.7. The molecule has 0 spiro atoms. The largest absolute Gasteiger partial charge is 0.492 e. The number of nitriles is 1. The van der Waals surface area contributed by atoms with Crippen LogP contribution in [0.4, 0.5) is 0 Å². The van der Waals surface area contributed by atoms with E-state index in [1.54, 1.807) is 12.3 Å². The van der Waals surface area contributed by atoms with Crippen LogP contribution in [-0.2, 0) is 6.42 Å². The number of nitrogens with two attached hydrogens (primary N) is 1. The highest BCUT2D eigenvalue weighted by atomic mass is 16.5. The second kappa shape index (κ2) is 8.54. The molecule has 2 aromatic heterocycles. The van der Waals surface area contributed by atoms with Crippen molar-refractivity contribution in [2.75, 3.05) is 6.61 Å². The molecule has 5 nitrogen and oxygen atoms in total. The molecular formula is C27H22N4O. The molecule has 5 aromatic rings. The van der Waals surface area contributed by atoms with Gasteiger partial charge in [0.2, 0.25) is 0 Å². The van der Waals surface area contributed by atoms with E-state index in [9.17, 15) is 5.26 Å². The number of benzene rings is 3. The molecule has 32 heavy (non-hydrogen) atoms. The third kappa shape index (κ3) is 4.04. The standard InChI is InChI=1S/C27H22N4O/c28-14-18-9-22(19-5-6-21-15-30-8-7-20(21)11-19)13-25(10-18)32-17-24(29)12-23-16-31-27-4-2-1-3-26(23)27/h1-11,13,15-16,24,31H,12,17,29H2/t24-/m1/s1. The first-order valence-corrected chi connectivity index (χ1v) is 10.5. The maximum atomic E-state index is 9.51. The lowest BCUT2D eigenvalue weighted by molar-refractivity contribution is 0.288. The molecule has 5 heteroatoms. The average molecular weight is 419 g/mol. The summed E-state index contributed by atoms with van der Waals surface area (Å²) < 4.78 is 6.02. The number of rotatable bonds is 6. The minimum Gasteiger partial charge on any atom is -0.492 e. The lowest BCUT2D eigenvalue weighted by Gasteiger charge is -2.14. The lowest BCUT2D eigenvalue weighted by atomic mass is 10.0. The lowest BCUT2D eigenvalue weighted by Crippen LogP contribution is -2.30. The van der Waals surface area contributed by atoms with Gasteiger partial charge in [-0.3, -0.25) is 4.98 Å². The van der Waals surface area contributed by atoms with Crippen molar-refractivity contribution in [3.05, 3.63) is 96.4 Å². The molecule has 5 rings (SSSR count). The minimum atomic E-state index is -0.170. The van der Waals surface area contributed by atoms with Gasteiger partial charge in [-0.1, -0.05) is 30.3 Å². The fraction of sp³-hybridized carbons (Fsp3) is 0.111. The van der Waals surface area contributed by atoms with Gasteiger partial charge in [-0.2, -0.15) is 5.26 Å². The van der Waals surface area contributed by atoms with Crippen LogP contribution in [0.5, 0.6) is 5.75 Å². The van der Waals surface area contributed by atoms with E-state index in [1.807, 2.05) is 54.9 Å². The Labute approximate surface area is 186 Å². The predicted octanol–water partition coefficient (Wildman–Crippen LogP) is 5.20. The van der Waals surface area contributed by atoms with Crippen molar-refractivity contribution in [1.29, 1.82) is 5.26 Å². The topological polar surface area (TPSA) is 87.7 Å². The van der Waals surface area contributed by atoms with Gasteiger partial charge in [0, 0.05) is 40.9 Å². The Morgan fingerprint density at radius 3 is 2.81 bits per heavy atom. The van der Waals surface area contributed by atoms with E-state index in [1.165, 1.54) is 10.9 Å². The molecule has 0 unspecified atom stereocenters. The van der Waals surface area contributed by atoms with Crippen LogP contribution < -0.4 is 10.5 Å². The van der Waals surface area contributed by atoms with Gasteiger partial charge in [0.1, 0.15) is 12.4 Å². The van der Waals surface area contributed by atoms with Crippen molar-refractivity contribution in [3.63, 3.8) is 0 Å². The third-order valence-electron chi connectivity index (χ3n) is 5.63. The zero-order chi connectivity index (χ0) is 21.9. The van der Waals surface area contributed by atoms with Crippen LogP contribution in [0.1, 0.15) is 11.1 Å². The van der Waals surface area contributed by atoms with Crippen LogP contribution in [-0.4, -0.2) is 22.6 Å². The number of H-pyrrole nitrogens is 1. The van der Waals surface area contributed by atoms with E-state index >= 15 is 0 Å². The van der Waals surface area contributed by atoms with Crippen LogP contribution in [0.3, 0.4) is 0 Å². The number of aromatic nitrogens is 2. The number of fused-ring (bicyclic) bond motifs is 2. The highest BCUT2D eigenvalue weighted by Crippen LogP contribution is 2.29. The molecule has 0 saturated carbocycles. The maximum Gasteiger partial charge on any atom is 0.121 e. The molecular weight excluding hydrogens is 396 g/mol. The Hall–Kier alpha value is -4.14. The number of para-hydroxylation sites is 1. The predicted molar refractivity (Wildman–Crippen MR) is 127 cm³/mol. The van der Waals surface area contributed by atoms with Gasteiger partial charge in [-0.15, -0.1) is 0 Å². The fourth-order valence-corrected chi connectivity index (χ4v) is 4.02. The Kier molecular flexibility index (Phi) is 5.29. The first kappa shape index (κ1) is 19.8. The molecule has 1 atom stereocenters. The number of nitrogens with one attached hydrogen (secondary N) is 1. The molecule has 0 amide bonds. The van der Waals surface area contributed by atoms with E-state index in [0.717, 1.165) is 27.4 Å². The molecule has 3 aromatic carbocycles. The van der Waals surface area contributed by atoms with Crippen LogP contribution >= 0.6 is 0 Å². The highest BCUT2D eigenvalue weighted by molar-refractivity contribution is 5.87. The van der Waals surface area contributed by atoms with E-state index in [4.69, 9.17) is 10.5 Å². The second-order valence-corrected chi connectivity index (χ2v) is 7.93. The Balaban J connectivity index is 1.35. The Bertz CT molecular complexity index is 1450. The van der Waals surface area contributed by atoms with Gasteiger partial charge in [0.15, 0.2) is 0 Å². The zero-order valence-electron chi connectivity index (χ0n) is 17.5. The normalized spacial score (nSPS) is 12.0. The van der Waals surface area contributed by atoms with Crippen molar-refractivity contribution in [3.8, 4) is 22.9 Å². The molecule has 0 fully saturated rings. The van der Waals surface area contributed by atoms with Gasteiger partial charge in [0.25, 0.3) is 0 Å². The summed E-state index contributed by atoms with van der Waals surface area (Å²) in [6.45, 7) is 0.358. The summed E-state index contributed by atoms with van der Waals surface area (Å²) in [6, 6.07) is 24.0. The summed E-state index contributed by atoms with van der Waals surface area (Å²) >= 11 is 0. The highest BCUT2D eigenvalue weighted by Gasteiger charge is 2.11. The summed E-state index contributed by atoms with van der Waals surface area (Å²) in [5, 5.41) is 12.9. The maximum absolute atomic E-state index is 9.51. The van der Waals surface area contributed by atoms with E-state index in [2.05, 4.69) is 34.2 Å². The fourth-order valence-electron chi connectivity index (χ4n) is 4.02. The number of hydrogen-bond acceptors (Lipinski definition) is 4. The van der Waals surface area contributed by atoms with Crippen molar-refractivity contribution < 1.29 is 4.74 Å². The summed E-state index contributed by atoms with van der Waals surface area (Å²) in [5.74, 6) is 0.642. The van der Waals surface area contributed by atoms with Crippen molar-refractivity contribution in [1.82, 2.24) is 9.97 Å². The molecule has 0 aliphatic rings. The zero-order valence-corrected chi connectivity index (χ0v) is 17.5. The van der Waals surface area contributed by atoms with Crippen LogP contribution in [0, 0.1) is 11.3 Å². The monoisotopic (exact) mass is 418 g/mol. The smallest absolute Gasteiger partial charge is 0.121 e. The molecule has 0 saturated heterocycles. The molecule has 0 aliphatic heterocycles. The van der Waals surface area contributed by atoms with Gasteiger partial charge in [0.05, 0.1) is 11.6 Å². The van der Waals surface area contributed by atoms with Crippen molar-refractivity contribution in [2.24, 2.45) is 5.73 Å². The van der Waals surface area contributed by atoms with E-state index in [0.29, 0.717) is 24.3 Å². The molecule has 0 aliphatic carbocycles. The number of pyridine rings is 1. The molecule has 2 heterocycles. The van der Waals surface area contributed by atoms with E-state index in [-0.39, 0.29) is 6.04 Å². The van der Waals surface area contributed by atoms with Gasteiger partial charge >= 0.3 is 0 Å². The van der Waals surface area contributed by atoms with Gasteiger partial charge in [-0.25, -0.2) is 0 Å². The minimum absolute atomic E-state index is 0.170. The van der Waals surface area contributed by atoms with Gasteiger partial charge in [-0.05, 0) is 64.9 Å². The molecule has 3 N–H and O–H groups in total. The number of nitrogens with zero attached hydrogens (tertiary/aromatic N) is 2. The summed E-state index contributed by atoms with van der Waals surface area (Å²) in [5.41, 5.74) is 11.2. The Morgan fingerprint density at radius 1 is 1.00 bits per heavy atom. The number of aromatic amines is 1. The van der Waals surface area contributed by atoms with Gasteiger partial charge < -0.3 is 15.5 Å². The third-order valence-corrected chi connectivity index (χ3v) is 5.63. The van der Waals surface area contributed by atoms with Crippen LogP contribution in [0.2, 0.25) is 0 Å². The average Bonchev–Trinajstić information content (AvgIpc) is 3.25. The quantitative estimate of drug-likeness (QED) is 0.397. The van der Waals surface area contributed by atoms with E-state index < -0.39 is 0 Å². The Morgan fingerprint density at radius 2 is 1.91 bits per heavy atom. The van der Waals surface area contributed by atoms with Crippen LogP contribution in [0.15, 0.2) is 85.3 Å². The summed E-state index contributed by atoms with van der Waals surface area (Å²) in [6.07, 6.45) is 6.33. The summed E-state index contributed by atoms with van der Waals surface area (Å²) in [4.78, 5) is 7.45. The van der Waals surface area contributed by atoms with Crippen molar-refractivity contribution >= 4 is 21.7 Å². The first-order valence-electron chi connectivity index (χ1n) is 10.5. The molecule has 0 bridgehead atoms. The van der Waals surface area contributed by atoms with Crippen molar-refractivity contribution in [2.45, 2.75) is 12.5 Å². The molecule has 156 valence electrons.